The lowest BCUT2D eigenvalue weighted by atomic mass is 9.70. The quantitative estimate of drug-likeness (QED) is 0.449. The first-order valence-electron chi connectivity index (χ1n) is 6.44. The van der Waals surface area contributed by atoms with Crippen LogP contribution in [0.2, 0.25) is 0 Å². The van der Waals surface area contributed by atoms with Gasteiger partial charge in [-0.2, -0.15) is 0 Å². The lowest BCUT2D eigenvalue weighted by Gasteiger charge is -2.33. The van der Waals surface area contributed by atoms with Crippen molar-refractivity contribution in [3.05, 3.63) is 12.2 Å². The lowest BCUT2D eigenvalue weighted by Crippen LogP contribution is -2.28. The molecule has 0 spiro atoms. The zero-order valence-electron chi connectivity index (χ0n) is 9.74. The summed E-state index contributed by atoms with van der Waals surface area (Å²) in [6, 6.07) is 0. The predicted octanol–water partition coefficient (Wildman–Crippen LogP) is 3.49. The minimum atomic E-state index is 0.587. The van der Waals surface area contributed by atoms with Gasteiger partial charge in [0.25, 0.3) is 0 Å². The van der Waals surface area contributed by atoms with Crippen LogP contribution < -0.4 is 0 Å². The van der Waals surface area contributed by atoms with Gasteiger partial charge in [0.1, 0.15) is 0 Å². The molecule has 15 heavy (non-hydrogen) atoms. The van der Waals surface area contributed by atoms with Gasteiger partial charge in [-0.05, 0) is 42.4 Å². The molecule has 0 heterocycles. The van der Waals surface area contributed by atoms with Crippen molar-refractivity contribution in [1.82, 2.24) is 0 Å². The Hall–Kier alpha value is -0.700. The van der Waals surface area contributed by atoms with Crippen LogP contribution in [0.25, 0.3) is 0 Å². The third-order valence-electron chi connectivity index (χ3n) is 4.59. The zero-order valence-corrected chi connectivity index (χ0v) is 9.74. The molecule has 5 atom stereocenters. The molecule has 0 aliphatic heterocycles. The lowest BCUT2D eigenvalue weighted by molar-refractivity contribution is 0.184. The van der Waals surface area contributed by atoms with Crippen LogP contribution in [0.1, 0.15) is 33.1 Å². The molecule has 0 amide bonds. The van der Waals surface area contributed by atoms with Gasteiger partial charge in [-0.25, -0.2) is 0 Å². The highest BCUT2D eigenvalue weighted by Gasteiger charge is 2.49. The molecule has 0 aromatic heterocycles. The van der Waals surface area contributed by atoms with Crippen LogP contribution in [-0.4, -0.2) is 0 Å². The Bertz CT molecular complexity index is 339. The first-order chi connectivity index (χ1) is 7.27. The Labute approximate surface area is 93.1 Å². The Morgan fingerprint density at radius 3 is 2.93 bits per heavy atom. The van der Waals surface area contributed by atoms with Gasteiger partial charge in [-0.3, -0.25) is 0 Å². The van der Waals surface area contributed by atoms with Crippen LogP contribution in [0.5, 0.6) is 0 Å². The SMILES string of the molecule is CC(C)C1CCC#C[C@H]2C=CC3C[C@@H]3[C@@H]12. The van der Waals surface area contributed by atoms with Gasteiger partial charge in [0.15, 0.2) is 0 Å². The maximum atomic E-state index is 3.49. The van der Waals surface area contributed by atoms with Gasteiger partial charge in [0.05, 0.1) is 0 Å². The fourth-order valence-corrected chi connectivity index (χ4v) is 3.68. The molecule has 1 saturated carbocycles. The van der Waals surface area contributed by atoms with Crippen molar-refractivity contribution in [2.75, 3.05) is 0 Å². The molecule has 80 valence electrons. The van der Waals surface area contributed by atoms with Gasteiger partial charge in [-0.1, -0.05) is 31.9 Å². The van der Waals surface area contributed by atoms with Gasteiger partial charge < -0.3 is 0 Å². The molecule has 0 bridgehead atoms. The second-order valence-corrected chi connectivity index (χ2v) is 5.82. The van der Waals surface area contributed by atoms with Crippen molar-refractivity contribution in [3.8, 4) is 11.8 Å². The van der Waals surface area contributed by atoms with E-state index in [9.17, 15) is 0 Å². The fraction of sp³-hybridized carbons (Fsp3) is 0.733. The third-order valence-corrected chi connectivity index (χ3v) is 4.59. The summed E-state index contributed by atoms with van der Waals surface area (Å²) in [6.07, 6.45) is 8.75. The summed E-state index contributed by atoms with van der Waals surface area (Å²) < 4.78 is 0. The maximum Gasteiger partial charge on any atom is 0.0416 e. The van der Waals surface area contributed by atoms with Gasteiger partial charge in [0, 0.05) is 12.3 Å². The van der Waals surface area contributed by atoms with E-state index in [-0.39, 0.29) is 0 Å². The summed E-state index contributed by atoms with van der Waals surface area (Å²) >= 11 is 0. The van der Waals surface area contributed by atoms with Crippen molar-refractivity contribution < 1.29 is 0 Å². The Kier molecular flexibility index (Phi) is 2.16. The standard InChI is InChI=1S/C15H20/c1-10(2)13-6-4-3-5-11-7-8-12-9-14(12)15(11)13/h7-8,10-15H,4,6,9H2,1-2H3/t11-,12?,13?,14-,15+/m0/s1. The molecule has 3 aliphatic rings. The van der Waals surface area contributed by atoms with Crippen LogP contribution in [0.15, 0.2) is 12.2 Å². The first-order valence-corrected chi connectivity index (χ1v) is 6.44. The summed E-state index contributed by atoms with van der Waals surface area (Å²) in [5.41, 5.74) is 0. The van der Waals surface area contributed by atoms with E-state index in [1.165, 1.54) is 12.8 Å². The molecule has 3 aliphatic carbocycles. The van der Waals surface area contributed by atoms with Crippen molar-refractivity contribution in [2.45, 2.75) is 33.1 Å². The Morgan fingerprint density at radius 1 is 1.27 bits per heavy atom. The summed E-state index contributed by atoms with van der Waals surface area (Å²) in [5.74, 6) is 12.0. The van der Waals surface area contributed by atoms with E-state index in [4.69, 9.17) is 0 Å². The summed E-state index contributed by atoms with van der Waals surface area (Å²) in [5, 5.41) is 0. The average Bonchev–Trinajstić information content (AvgIpc) is 2.99. The van der Waals surface area contributed by atoms with Gasteiger partial charge in [-0.15, -0.1) is 5.92 Å². The molecular formula is C15H20. The second-order valence-electron chi connectivity index (χ2n) is 5.82. The minimum absolute atomic E-state index is 0.587. The topological polar surface area (TPSA) is 0 Å². The molecule has 0 aromatic rings. The van der Waals surface area contributed by atoms with Crippen LogP contribution in [-0.2, 0) is 0 Å². The van der Waals surface area contributed by atoms with Gasteiger partial charge >= 0.3 is 0 Å². The highest BCUT2D eigenvalue weighted by Crippen LogP contribution is 2.56. The maximum absolute atomic E-state index is 3.49. The number of allylic oxidation sites excluding steroid dienone is 2. The van der Waals surface area contributed by atoms with E-state index in [0.717, 1.165) is 36.0 Å². The molecule has 0 aromatic carbocycles. The van der Waals surface area contributed by atoms with E-state index in [1.54, 1.807) is 0 Å². The summed E-state index contributed by atoms with van der Waals surface area (Å²) in [6.45, 7) is 4.78. The molecule has 0 saturated heterocycles. The molecule has 0 N–H and O–H groups in total. The summed E-state index contributed by atoms with van der Waals surface area (Å²) in [4.78, 5) is 0. The molecule has 0 nitrogen and oxygen atoms in total. The second kappa shape index (κ2) is 3.41. The molecule has 3 rings (SSSR count). The molecule has 0 heteroatoms. The Morgan fingerprint density at radius 2 is 2.13 bits per heavy atom. The third kappa shape index (κ3) is 1.53. The van der Waals surface area contributed by atoms with E-state index >= 15 is 0 Å². The van der Waals surface area contributed by atoms with E-state index in [2.05, 4.69) is 37.8 Å². The van der Waals surface area contributed by atoms with Crippen molar-refractivity contribution in [2.24, 2.45) is 35.5 Å². The highest BCUT2D eigenvalue weighted by atomic mass is 14.5. The first kappa shape index (κ1) is 9.52. The van der Waals surface area contributed by atoms with Crippen LogP contribution >= 0.6 is 0 Å². The van der Waals surface area contributed by atoms with Gasteiger partial charge in [0.2, 0.25) is 0 Å². The number of fused-ring (bicyclic) bond motifs is 3. The minimum Gasteiger partial charge on any atom is -0.103 e. The van der Waals surface area contributed by atoms with E-state index < -0.39 is 0 Å². The van der Waals surface area contributed by atoms with E-state index in [0.29, 0.717) is 5.92 Å². The van der Waals surface area contributed by atoms with E-state index in [1.807, 2.05) is 0 Å². The molecule has 2 unspecified atom stereocenters. The number of rotatable bonds is 1. The van der Waals surface area contributed by atoms with Crippen molar-refractivity contribution >= 4 is 0 Å². The highest BCUT2D eigenvalue weighted by molar-refractivity contribution is 5.24. The Balaban J connectivity index is 1.91. The van der Waals surface area contributed by atoms with Crippen molar-refractivity contribution in [3.63, 3.8) is 0 Å². The predicted molar refractivity (Wildman–Crippen MR) is 63.1 cm³/mol. The number of hydrogen-bond acceptors (Lipinski definition) is 0. The largest absolute Gasteiger partial charge is 0.103 e. The normalized spacial score (nSPS) is 46.2. The van der Waals surface area contributed by atoms with Crippen LogP contribution in [0.4, 0.5) is 0 Å². The fourth-order valence-electron chi connectivity index (χ4n) is 3.68. The summed E-state index contributed by atoms with van der Waals surface area (Å²) in [7, 11) is 0. The average molecular weight is 200 g/mol. The number of hydrogen-bond donors (Lipinski definition) is 0. The van der Waals surface area contributed by atoms with Crippen LogP contribution in [0, 0.1) is 47.3 Å². The molecule has 0 radical (unpaired) electrons. The monoisotopic (exact) mass is 200 g/mol. The van der Waals surface area contributed by atoms with Crippen LogP contribution in [0.3, 0.4) is 0 Å². The zero-order chi connectivity index (χ0) is 10.4. The smallest absolute Gasteiger partial charge is 0.0416 e. The molecule has 1 fully saturated rings. The molecular weight excluding hydrogens is 180 g/mol. The van der Waals surface area contributed by atoms with Crippen molar-refractivity contribution in [1.29, 1.82) is 0 Å².